The minimum absolute atomic E-state index is 0.0595. The molecule has 0 saturated carbocycles. The minimum atomic E-state index is -0.0824. The fourth-order valence-corrected chi connectivity index (χ4v) is 4.04. The Balaban J connectivity index is 1.80. The molecule has 5 nitrogen and oxygen atoms in total. The van der Waals surface area contributed by atoms with Crippen molar-refractivity contribution in [2.75, 3.05) is 17.2 Å². The Morgan fingerprint density at radius 1 is 1.36 bits per heavy atom. The van der Waals surface area contributed by atoms with Crippen LogP contribution < -0.4 is 10.5 Å². The van der Waals surface area contributed by atoms with E-state index in [1.807, 2.05) is 41.8 Å². The van der Waals surface area contributed by atoms with E-state index in [1.165, 1.54) is 27.7 Å². The predicted octanol–water partition coefficient (Wildman–Crippen LogP) is 3.31. The number of hydrogen-bond acceptors (Lipinski definition) is 5. The van der Waals surface area contributed by atoms with Crippen molar-refractivity contribution in [3.05, 3.63) is 64.8 Å². The Morgan fingerprint density at radius 2 is 2.12 bits per heavy atom. The molecule has 0 spiro atoms. The van der Waals surface area contributed by atoms with E-state index in [0.717, 1.165) is 5.69 Å². The van der Waals surface area contributed by atoms with E-state index in [0.29, 0.717) is 21.9 Å². The van der Waals surface area contributed by atoms with E-state index < -0.39 is 0 Å². The van der Waals surface area contributed by atoms with Crippen molar-refractivity contribution in [2.24, 2.45) is 7.05 Å². The van der Waals surface area contributed by atoms with Gasteiger partial charge in [0.1, 0.15) is 4.70 Å². The molecule has 0 bridgehead atoms. The Bertz CT molecular complexity index is 963. The highest BCUT2D eigenvalue weighted by Gasteiger charge is 2.17. The number of aromatic nitrogens is 2. The molecule has 2 aromatic heterocycles. The maximum atomic E-state index is 12.7. The van der Waals surface area contributed by atoms with Gasteiger partial charge in [-0.25, -0.2) is 4.98 Å². The average Bonchev–Trinajstić information content (AvgIpc) is 3.10. The van der Waals surface area contributed by atoms with Crippen LogP contribution in [0.5, 0.6) is 0 Å². The number of fused-ring (bicyclic) bond motifs is 1. The number of benzene rings is 1. The first-order chi connectivity index (χ1) is 12.1. The molecule has 0 atom stereocenters. The van der Waals surface area contributed by atoms with Crippen LogP contribution in [0.3, 0.4) is 0 Å². The molecule has 0 aliphatic heterocycles. The second-order valence-electron chi connectivity index (χ2n) is 5.31. The molecule has 3 rings (SSSR count). The number of anilines is 1. The van der Waals surface area contributed by atoms with Crippen LogP contribution in [0, 0.1) is 0 Å². The first-order valence-corrected chi connectivity index (χ1v) is 9.51. The summed E-state index contributed by atoms with van der Waals surface area (Å²) in [4.78, 5) is 31.1. The van der Waals surface area contributed by atoms with Crippen molar-refractivity contribution in [3.63, 3.8) is 0 Å². The monoisotopic (exact) mass is 371 g/mol. The topological polar surface area (TPSA) is 55.2 Å². The summed E-state index contributed by atoms with van der Waals surface area (Å²) >= 11 is 2.65. The molecule has 0 N–H and O–H groups in total. The normalized spacial score (nSPS) is 10.8. The third kappa shape index (κ3) is 3.67. The molecule has 25 heavy (non-hydrogen) atoms. The van der Waals surface area contributed by atoms with Crippen LogP contribution in [0.4, 0.5) is 5.69 Å². The van der Waals surface area contributed by atoms with Gasteiger partial charge in [-0.15, -0.1) is 17.9 Å². The second kappa shape index (κ2) is 7.67. The standard InChI is InChI=1S/C18H17N3O2S2/c1-3-10-21(13-7-5-4-6-8-13)15(22)12-25-18-19-14-9-11-24-16(14)17(23)20(18)2/h3-9,11H,1,10,12H2,2H3. The lowest BCUT2D eigenvalue weighted by Gasteiger charge is -2.21. The molecule has 128 valence electrons. The zero-order chi connectivity index (χ0) is 17.8. The Labute approximate surface area is 153 Å². The van der Waals surface area contributed by atoms with Gasteiger partial charge in [0.25, 0.3) is 5.56 Å². The van der Waals surface area contributed by atoms with Crippen molar-refractivity contribution >= 4 is 44.9 Å². The van der Waals surface area contributed by atoms with Crippen LogP contribution in [0.15, 0.2) is 64.4 Å². The fourth-order valence-electron chi connectivity index (χ4n) is 2.39. The maximum absolute atomic E-state index is 12.7. The van der Waals surface area contributed by atoms with Gasteiger partial charge < -0.3 is 4.90 Å². The van der Waals surface area contributed by atoms with Crippen LogP contribution >= 0.6 is 23.1 Å². The number of amides is 1. The predicted molar refractivity (Wildman–Crippen MR) is 105 cm³/mol. The number of para-hydroxylation sites is 1. The first-order valence-electron chi connectivity index (χ1n) is 7.65. The SMILES string of the molecule is C=CCN(C(=O)CSc1nc2ccsc2c(=O)n1C)c1ccccc1. The van der Waals surface area contributed by atoms with Gasteiger partial charge in [0.05, 0.1) is 11.3 Å². The molecule has 2 heterocycles. The minimum Gasteiger partial charge on any atom is -0.308 e. The summed E-state index contributed by atoms with van der Waals surface area (Å²) in [5.41, 5.74) is 1.41. The van der Waals surface area contributed by atoms with Gasteiger partial charge in [-0.2, -0.15) is 0 Å². The molecule has 3 aromatic rings. The van der Waals surface area contributed by atoms with Gasteiger partial charge >= 0.3 is 0 Å². The van der Waals surface area contributed by atoms with E-state index in [1.54, 1.807) is 18.0 Å². The number of thiophene rings is 1. The Hall–Kier alpha value is -2.38. The van der Waals surface area contributed by atoms with E-state index in [4.69, 9.17) is 0 Å². The van der Waals surface area contributed by atoms with Crippen molar-refractivity contribution in [1.29, 1.82) is 0 Å². The van der Waals surface area contributed by atoms with Crippen LogP contribution in [0.25, 0.3) is 10.2 Å². The van der Waals surface area contributed by atoms with Gasteiger partial charge in [0.2, 0.25) is 5.91 Å². The smallest absolute Gasteiger partial charge is 0.271 e. The van der Waals surface area contributed by atoms with Crippen molar-refractivity contribution < 1.29 is 4.79 Å². The summed E-state index contributed by atoms with van der Waals surface area (Å²) in [5, 5.41) is 2.38. The summed E-state index contributed by atoms with van der Waals surface area (Å²) in [6, 6.07) is 11.3. The van der Waals surface area contributed by atoms with Crippen LogP contribution in [-0.2, 0) is 11.8 Å². The zero-order valence-electron chi connectivity index (χ0n) is 13.7. The average molecular weight is 371 g/mol. The zero-order valence-corrected chi connectivity index (χ0v) is 15.3. The quantitative estimate of drug-likeness (QED) is 0.379. The van der Waals surface area contributed by atoms with Crippen LogP contribution in [0.1, 0.15) is 0 Å². The summed E-state index contributed by atoms with van der Waals surface area (Å²) in [5.74, 6) is 0.134. The Kier molecular flexibility index (Phi) is 5.35. The van der Waals surface area contributed by atoms with E-state index in [2.05, 4.69) is 11.6 Å². The van der Waals surface area contributed by atoms with Gasteiger partial charge in [-0.3, -0.25) is 14.2 Å². The Morgan fingerprint density at radius 3 is 2.84 bits per heavy atom. The van der Waals surface area contributed by atoms with Crippen LogP contribution in [0.2, 0.25) is 0 Å². The van der Waals surface area contributed by atoms with Gasteiger partial charge in [0, 0.05) is 19.3 Å². The summed E-state index contributed by atoms with van der Waals surface area (Å²) < 4.78 is 2.13. The lowest BCUT2D eigenvalue weighted by Crippen LogP contribution is -2.32. The molecule has 1 amide bonds. The van der Waals surface area contributed by atoms with Crippen LogP contribution in [-0.4, -0.2) is 27.8 Å². The summed E-state index contributed by atoms with van der Waals surface area (Å²) in [6.45, 7) is 4.15. The molecule has 0 radical (unpaired) electrons. The first kappa shape index (κ1) is 17.4. The molecule has 0 aliphatic carbocycles. The number of carbonyl (C=O) groups excluding carboxylic acids is 1. The maximum Gasteiger partial charge on any atom is 0.271 e. The van der Waals surface area contributed by atoms with Gasteiger partial charge in [-0.05, 0) is 23.6 Å². The molecule has 1 aromatic carbocycles. The van der Waals surface area contributed by atoms with Gasteiger partial charge in [-0.1, -0.05) is 36.0 Å². The molecular formula is C18H17N3O2S2. The van der Waals surface area contributed by atoms with E-state index in [-0.39, 0.29) is 17.2 Å². The third-order valence-electron chi connectivity index (χ3n) is 3.65. The van der Waals surface area contributed by atoms with Crippen molar-refractivity contribution in [3.8, 4) is 0 Å². The van der Waals surface area contributed by atoms with E-state index in [9.17, 15) is 9.59 Å². The van der Waals surface area contributed by atoms with Crippen molar-refractivity contribution in [1.82, 2.24) is 9.55 Å². The number of thioether (sulfide) groups is 1. The number of nitrogens with zero attached hydrogens (tertiary/aromatic N) is 3. The molecule has 0 saturated heterocycles. The number of carbonyl (C=O) groups is 1. The molecule has 0 aliphatic rings. The molecule has 7 heteroatoms. The highest BCUT2D eigenvalue weighted by atomic mass is 32.2. The van der Waals surface area contributed by atoms with Gasteiger partial charge in [0.15, 0.2) is 5.16 Å². The molecular weight excluding hydrogens is 354 g/mol. The molecule has 0 unspecified atom stereocenters. The van der Waals surface area contributed by atoms with Crippen molar-refractivity contribution in [2.45, 2.75) is 5.16 Å². The number of rotatable bonds is 6. The second-order valence-corrected chi connectivity index (χ2v) is 7.17. The summed E-state index contributed by atoms with van der Waals surface area (Å²) in [7, 11) is 1.68. The lowest BCUT2D eigenvalue weighted by atomic mass is 10.3. The fraction of sp³-hybridized carbons (Fsp3) is 0.167. The highest BCUT2D eigenvalue weighted by Crippen LogP contribution is 2.21. The third-order valence-corrected chi connectivity index (χ3v) is 5.56. The molecule has 0 fully saturated rings. The highest BCUT2D eigenvalue weighted by molar-refractivity contribution is 7.99. The van der Waals surface area contributed by atoms with E-state index >= 15 is 0 Å². The largest absolute Gasteiger partial charge is 0.308 e. The number of hydrogen-bond donors (Lipinski definition) is 0. The lowest BCUT2D eigenvalue weighted by molar-refractivity contribution is -0.116. The summed E-state index contributed by atoms with van der Waals surface area (Å²) in [6.07, 6.45) is 1.70.